The molecule has 9 nitrogen and oxygen atoms in total. The van der Waals surface area contributed by atoms with Gasteiger partial charge in [0, 0.05) is 45.2 Å². The predicted octanol–water partition coefficient (Wildman–Crippen LogP) is 4.40. The summed E-state index contributed by atoms with van der Waals surface area (Å²) in [5, 5.41) is 12.6. The van der Waals surface area contributed by atoms with Crippen LogP contribution in [-0.4, -0.2) is 71.8 Å². The van der Waals surface area contributed by atoms with Crippen LogP contribution in [-0.2, 0) is 10.9 Å². The van der Waals surface area contributed by atoms with Crippen molar-refractivity contribution in [2.75, 3.05) is 44.0 Å². The molecule has 2 fully saturated rings. The van der Waals surface area contributed by atoms with E-state index in [-0.39, 0.29) is 18.2 Å². The van der Waals surface area contributed by atoms with Crippen LogP contribution < -0.4 is 20.3 Å². The zero-order chi connectivity index (χ0) is 27.7. The van der Waals surface area contributed by atoms with E-state index in [0.717, 1.165) is 41.8 Å². The van der Waals surface area contributed by atoms with Crippen LogP contribution in [0.4, 0.5) is 29.2 Å². The van der Waals surface area contributed by atoms with Crippen molar-refractivity contribution in [3.05, 3.63) is 35.9 Å². The van der Waals surface area contributed by atoms with Gasteiger partial charge in [0.25, 0.3) is 5.88 Å². The van der Waals surface area contributed by atoms with Gasteiger partial charge in [-0.25, -0.2) is 14.4 Å². The molecule has 1 aliphatic heterocycles. The lowest BCUT2D eigenvalue weighted by atomic mass is 9.93. The van der Waals surface area contributed by atoms with Gasteiger partial charge in [0.1, 0.15) is 11.9 Å². The van der Waals surface area contributed by atoms with Crippen LogP contribution in [0.15, 0.2) is 24.5 Å². The number of nitrogens with zero attached hydrogens (tertiary/aromatic N) is 5. The van der Waals surface area contributed by atoms with Crippen molar-refractivity contribution in [2.45, 2.75) is 63.1 Å². The maximum absolute atomic E-state index is 14.4. The highest BCUT2D eigenvalue weighted by Crippen LogP contribution is 2.38. The van der Waals surface area contributed by atoms with Crippen LogP contribution >= 0.6 is 0 Å². The van der Waals surface area contributed by atoms with Crippen LogP contribution in [0.25, 0.3) is 10.9 Å². The van der Waals surface area contributed by atoms with Gasteiger partial charge in [0.2, 0.25) is 0 Å². The Balaban J connectivity index is 1.37. The van der Waals surface area contributed by atoms with E-state index < -0.39 is 29.5 Å². The number of alkyl halides is 3. The summed E-state index contributed by atoms with van der Waals surface area (Å²) >= 11 is 0. The third-order valence-corrected chi connectivity index (χ3v) is 7.60. The zero-order valence-electron chi connectivity index (χ0n) is 22.1. The molecular formula is C26H33F4N7O2. The summed E-state index contributed by atoms with van der Waals surface area (Å²) in [6.45, 7) is 4.17. The third kappa shape index (κ3) is 5.46. The normalized spacial score (nSPS) is 23.9. The fourth-order valence-electron chi connectivity index (χ4n) is 5.56. The van der Waals surface area contributed by atoms with Gasteiger partial charge >= 0.3 is 6.18 Å². The highest BCUT2D eigenvalue weighted by atomic mass is 19.4. The fourth-order valence-corrected chi connectivity index (χ4v) is 5.56. The molecule has 0 amide bonds. The van der Waals surface area contributed by atoms with Gasteiger partial charge in [0.05, 0.1) is 34.7 Å². The smallest absolute Gasteiger partial charge is 0.419 e. The predicted molar refractivity (Wildman–Crippen MR) is 139 cm³/mol. The van der Waals surface area contributed by atoms with E-state index in [1.807, 2.05) is 30.9 Å². The maximum atomic E-state index is 14.4. The summed E-state index contributed by atoms with van der Waals surface area (Å²) in [4.78, 5) is 10.5. The molecular weight excluding hydrogens is 518 g/mol. The number of fused-ring (bicyclic) bond motifs is 1. The second kappa shape index (κ2) is 11.1. The number of pyridine rings is 2. The van der Waals surface area contributed by atoms with Crippen molar-refractivity contribution < 1.29 is 27.0 Å². The highest BCUT2D eigenvalue weighted by molar-refractivity contribution is 5.91. The van der Waals surface area contributed by atoms with Gasteiger partial charge < -0.3 is 25.0 Å². The third-order valence-electron chi connectivity index (χ3n) is 7.60. The first-order valence-corrected chi connectivity index (χ1v) is 13.2. The SMILES string of the molecule is CCNc1cc2c(cn1)c(N1C[C@@H](NC)[C@H](OC)C1)nn2[C@H]1CC[C@@H](Oc2nccc(C(F)(F)F)c2F)CC1. The Morgan fingerprint density at radius 2 is 1.90 bits per heavy atom. The van der Waals surface area contributed by atoms with Gasteiger partial charge in [-0.2, -0.15) is 18.3 Å². The fraction of sp³-hybridized carbons (Fsp3) is 0.577. The van der Waals surface area contributed by atoms with Crippen molar-refractivity contribution in [3.63, 3.8) is 0 Å². The molecule has 1 aliphatic carbocycles. The first kappa shape index (κ1) is 27.4. The number of halogens is 4. The summed E-state index contributed by atoms with van der Waals surface area (Å²) in [5.41, 5.74) is -0.423. The van der Waals surface area contributed by atoms with Crippen LogP contribution in [0, 0.1) is 5.82 Å². The molecule has 39 heavy (non-hydrogen) atoms. The van der Waals surface area contributed by atoms with Crippen LogP contribution in [0.5, 0.6) is 5.88 Å². The zero-order valence-corrected chi connectivity index (χ0v) is 22.1. The molecule has 2 N–H and O–H groups in total. The number of aromatic nitrogens is 4. The van der Waals surface area contributed by atoms with Crippen molar-refractivity contribution in [1.29, 1.82) is 0 Å². The van der Waals surface area contributed by atoms with Gasteiger partial charge in [-0.15, -0.1) is 0 Å². The summed E-state index contributed by atoms with van der Waals surface area (Å²) in [7, 11) is 3.63. The van der Waals surface area contributed by atoms with E-state index in [2.05, 4.69) is 25.5 Å². The van der Waals surface area contributed by atoms with Gasteiger partial charge in [-0.1, -0.05) is 0 Å². The average Bonchev–Trinajstić information content (AvgIpc) is 3.51. The first-order valence-electron chi connectivity index (χ1n) is 13.2. The molecule has 1 saturated heterocycles. The molecule has 212 valence electrons. The average molecular weight is 552 g/mol. The molecule has 0 aromatic carbocycles. The van der Waals surface area contributed by atoms with Crippen LogP contribution in [0.3, 0.4) is 0 Å². The lowest BCUT2D eigenvalue weighted by molar-refractivity contribution is -0.140. The van der Waals surface area contributed by atoms with Crippen molar-refractivity contribution in [1.82, 2.24) is 25.1 Å². The van der Waals surface area contributed by atoms with Gasteiger partial charge in [-0.3, -0.25) is 4.68 Å². The van der Waals surface area contributed by atoms with E-state index in [9.17, 15) is 17.6 Å². The van der Waals surface area contributed by atoms with Crippen molar-refractivity contribution in [3.8, 4) is 5.88 Å². The van der Waals surface area contributed by atoms with E-state index in [1.54, 1.807) is 7.11 Å². The second-order valence-corrected chi connectivity index (χ2v) is 9.98. The van der Waals surface area contributed by atoms with Crippen LogP contribution in [0.1, 0.15) is 44.2 Å². The molecule has 0 spiro atoms. The maximum Gasteiger partial charge on any atom is 0.419 e. The van der Waals surface area contributed by atoms with Crippen LogP contribution in [0.2, 0.25) is 0 Å². The van der Waals surface area contributed by atoms with E-state index in [1.165, 1.54) is 0 Å². The second-order valence-electron chi connectivity index (χ2n) is 9.98. The first-order chi connectivity index (χ1) is 18.7. The molecule has 4 heterocycles. The Morgan fingerprint density at radius 1 is 1.13 bits per heavy atom. The lowest BCUT2D eigenvalue weighted by Gasteiger charge is -2.29. The minimum absolute atomic E-state index is 0.0293. The minimum atomic E-state index is -4.81. The van der Waals surface area contributed by atoms with Crippen molar-refractivity contribution in [2.24, 2.45) is 0 Å². The van der Waals surface area contributed by atoms with E-state index >= 15 is 0 Å². The van der Waals surface area contributed by atoms with Gasteiger partial charge in [-0.05, 0) is 45.7 Å². The molecule has 0 unspecified atom stereocenters. The number of hydrogen-bond donors (Lipinski definition) is 2. The van der Waals surface area contributed by atoms with E-state index in [0.29, 0.717) is 38.3 Å². The molecule has 5 rings (SSSR count). The quantitative estimate of drug-likeness (QED) is 0.399. The van der Waals surface area contributed by atoms with Crippen molar-refractivity contribution >= 4 is 22.5 Å². The number of ether oxygens (including phenoxy) is 2. The number of likely N-dealkylation sites (N-methyl/N-ethyl adjacent to an activating group) is 1. The molecule has 2 aliphatic rings. The Hall–Kier alpha value is -3.19. The lowest BCUT2D eigenvalue weighted by Crippen LogP contribution is -2.37. The standard InChI is InChI=1S/C26H33F4N7O2/c1-4-32-22-11-20-17(12-34-22)24(36-13-19(31-2)21(14-36)38-3)35-37(20)15-5-7-16(8-6-15)39-25-23(27)18(9-10-33-25)26(28,29)30/h9-12,15-16,19,21,31H,4-8,13-14H2,1-3H3,(H,32,34)/t15-,16+,19-,21-/m1/s1. The molecule has 3 aromatic rings. The Morgan fingerprint density at radius 3 is 2.54 bits per heavy atom. The Labute approximate surface area is 223 Å². The van der Waals surface area contributed by atoms with Gasteiger partial charge in [0.15, 0.2) is 11.6 Å². The topological polar surface area (TPSA) is 89.4 Å². The highest BCUT2D eigenvalue weighted by Gasteiger charge is 2.37. The Bertz CT molecular complexity index is 1280. The number of anilines is 2. The number of methoxy groups -OCH3 is 1. The number of nitrogens with one attached hydrogen (secondary N) is 2. The Kier molecular flexibility index (Phi) is 7.81. The molecule has 0 radical (unpaired) electrons. The number of hydrogen-bond acceptors (Lipinski definition) is 8. The monoisotopic (exact) mass is 551 g/mol. The largest absolute Gasteiger partial charge is 0.472 e. The van der Waals surface area contributed by atoms with E-state index in [4.69, 9.17) is 14.6 Å². The molecule has 2 atom stereocenters. The summed E-state index contributed by atoms with van der Waals surface area (Å²) in [5.74, 6) is -0.487. The summed E-state index contributed by atoms with van der Waals surface area (Å²) < 4.78 is 67.0. The number of rotatable bonds is 8. The molecule has 1 saturated carbocycles. The summed E-state index contributed by atoms with van der Waals surface area (Å²) in [6, 6.07) is 2.82. The molecule has 3 aromatic heterocycles. The summed E-state index contributed by atoms with van der Waals surface area (Å²) in [6.07, 6.45) is -0.0645. The minimum Gasteiger partial charge on any atom is -0.472 e. The molecule has 13 heteroatoms. The molecule has 0 bridgehead atoms.